The van der Waals surface area contributed by atoms with E-state index in [9.17, 15) is 39.6 Å². The van der Waals surface area contributed by atoms with E-state index in [0.29, 0.717) is 17.7 Å². The second-order valence-electron chi connectivity index (χ2n) is 7.26. The number of nitrogens with one attached hydrogen (secondary N) is 1. The van der Waals surface area contributed by atoms with Crippen molar-refractivity contribution in [3.05, 3.63) is 89.5 Å². The van der Waals surface area contributed by atoms with Gasteiger partial charge in [-0.2, -0.15) is 39.9 Å². The van der Waals surface area contributed by atoms with Crippen molar-refractivity contribution >= 4 is 34.0 Å². The number of benzene rings is 3. The first-order valence-corrected chi connectivity index (χ1v) is 12.3. The summed E-state index contributed by atoms with van der Waals surface area (Å²) >= 11 is -0.279. The van der Waals surface area contributed by atoms with E-state index in [4.69, 9.17) is 4.18 Å². The molecule has 0 unspecified atom stereocenters. The van der Waals surface area contributed by atoms with E-state index in [1.807, 2.05) is 0 Å². The first kappa shape index (κ1) is 28.1. The maximum Gasteiger partial charge on any atom is 0.446 e. The van der Waals surface area contributed by atoms with Crippen molar-refractivity contribution < 1.29 is 43.7 Å². The van der Waals surface area contributed by atoms with Crippen LogP contribution in [0, 0.1) is 0 Å². The summed E-state index contributed by atoms with van der Waals surface area (Å²) in [5, 5.41) is 3.73. The van der Waals surface area contributed by atoms with Crippen LogP contribution in [0.15, 0.2) is 87.7 Å². The van der Waals surface area contributed by atoms with E-state index in [2.05, 4.69) is 10.5 Å². The molecular weight excluding hydrogens is 546 g/mol. The third-order valence-electron chi connectivity index (χ3n) is 4.50. The normalized spacial score (nSPS) is 12.5. The van der Waals surface area contributed by atoms with E-state index in [0.717, 1.165) is 18.3 Å². The van der Waals surface area contributed by atoms with Crippen LogP contribution in [0.5, 0.6) is 5.75 Å². The number of hydrogen-bond acceptors (Lipinski definition) is 6. The number of hydrogen-bond donors (Lipinski definition) is 1. The van der Waals surface area contributed by atoms with Crippen LogP contribution in [-0.2, 0) is 27.5 Å². The molecular formula is C23H16F6N2O4S2. The Hall–Kier alpha value is -3.52. The molecule has 1 amide bonds. The van der Waals surface area contributed by atoms with Gasteiger partial charge in [0.15, 0.2) is 5.75 Å². The highest BCUT2D eigenvalue weighted by molar-refractivity contribution is 8.00. The van der Waals surface area contributed by atoms with E-state index < -0.39 is 38.2 Å². The molecule has 0 aliphatic heterocycles. The summed E-state index contributed by atoms with van der Waals surface area (Å²) in [6.45, 7) is 0. The van der Waals surface area contributed by atoms with Crippen molar-refractivity contribution in [2.45, 2.75) is 27.9 Å². The monoisotopic (exact) mass is 562 g/mol. The van der Waals surface area contributed by atoms with Crippen molar-refractivity contribution in [2.75, 3.05) is 0 Å². The van der Waals surface area contributed by atoms with Crippen molar-refractivity contribution in [2.24, 2.45) is 5.10 Å². The first-order chi connectivity index (χ1) is 17.2. The van der Waals surface area contributed by atoms with Gasteiger partial charge in [-0.3, -0.25) is 4.79 Å². The fourth-order valence-corrected chi connectivity index (χ4v) is 4.34. The highest BCUT2D eigenvalue weighted by Gasteiger charge is 2.31. The van der Waals surface area contributed by atoms with Crippen LogP contribution in [0.2, 0.25) is 0 Å². The molecule has 3 aromatic rings. The molecule has 1 N–H and O–H groups in total. The quantitative estimate of drug-likeness (QED) is 0.124. The van der Waals surface area contributed by atoms with Crippen LogP contribution in [0.4, 0.5) is 26.3 Å². The number of nitrogens with zero attached hydrogens (tertiary/aromatic N) is 1. The number of hydrazone groups is 1. The third kappa shape index (κ3) is 8.53. The Bertz CT molecular complexity index is 1370. The molecule has 0 bridgehead atoms. The van der Waals surface area contributed by atoms with Crippen molar-refractivity contribution in [3.8, 4) is 5.75 Å². The molecule has 37 heavy (non-hydrogen) atoms. The standard InChI is InChI=1S/C23H16F6N2O4S2/c24-22(25,26)17-7-11-19(12-8-17)37(33,34)35-20-4-2-1-3-16(20)14-30-31-21(32)13-15-5-9-18(10-6-15)36-23(27,28)29/h1-12,14H,13H2,(H,31,32). The highest BCUT2D eigenvalue weighted by atomic mass is 32.2. The van der Waals surface area contributed by atoms with Gasteiger partial charge >= 0.3 is 21.8 Å². The van der Waals surface area contributed by atoms with Crippen LogP contribution in [0.3, 0.4) is 0 Å². The van der Waals surface area contributed by atoms with E-state index in [1.165, 1.54) is 48.5 Å². The highest BCUT2D eigenvalue weighted by Crippen LogP contribution is 2.36. The minimum atomic E-state index is -4.63. The number of amides is 1. The molecule has 0 radical (unpaired) electrons. The molecule has 14 heteroatoms. The van der Waals surface area contributed by atoms with Gasteiger partial charge in [0.2, 0.25) is 5.91 Å². The van der Waals surface area contributed by atoms with Gasteiger partial charge in [-0.1, -0.05) is 24.3 Å². The molecule has 6 nitrogen and oxygen atoms in total. The smallest absolute Gasteiger partial charge is 0.378 e. The van der Waals surface area contributed by atoms with Crippen molar-refractivity contribution in [3.63, 3.8) is 0 Å². The Kier molecular flexibility index (Phi) is 8.53. The number of carbonyl (C=O) groups is 1. The Morgan fingerprint density at radius 1 is 0.919 bits per heavy atom. The number of thioether (sulfide) groups is 1. The van der Waals surface area contributed by atoms with E-state index in [-0.39, 0.29) is 34.4 Å². The summed E-state index contributed by atoms with van der Waals surface area (Å²) in [4.78, 5) is 11.6. The molecule has 3 rings (SSSR count). The lowest BCUT2D eigenvalue weighted by atomic mass is 10.1. The van der Waals surface area contributed by atoms with Gasteiger partial charge in [0.25, 0.3) is 0 Å². The number of rotatable bonds is 8. The second-order valence-corrected chi connectivity index (χ2v) is 9.94. The summed E-state index contributed by atoms with van der Waals surface area (Å²) in [6.07, 6.45) is -3.72. The van der Waals surface area contributed by atoms with Crippen LogP contribution in [0.1, 0.15) is 16.7 Å². The minimum absolute atomic E-state index is 0.0301. The second kappa shape index (κ2) is 11.3. The molecule has 196 valence electrons. The zero-order chi connectivity index (χ0) is 27.3. The Balaban J connectivity index is 1.63. The van der Waals surface area contributed by atoms with Gasteiger partial charge in [-0.05, 0) is 65.9 Å². The molecule has 0 spiro atoms. The Morgan fingerprint density at radius 2 is 1.54 bits per heavy atom. The number of halogens is 6. The van der Waals surface area contributed by atoms with Gasteiger partial charge in [-0.25, -0.2) is 5.43 Å². The predicted octanol–water partition coefficient (Wildman–Crippen LogP) is 5.78. The maximum absolute atomic E-state index is 12.7. The zero-order valence-electron chi connectivity index (χ0n) is 18.4. The number of para-hydroxylation sites is 1. The van der Waals surface area contributed by atoms with Crippen molar-refractivity contribution in [1.29, 1.82) is 0 Å². The molecule has 0 heterocycles. The summed E-state index contributed by atoms with van der Waals surface area (Å²) < 4.78 is 105. The van der Waals surface area contributed by atoms with Crippen LogP contribution >= 0.6 is 11.8 Å². The average molecular weight is 563 g/mol. The molecule has 0 aromatic heterocycles. The lowest BCUT2D eigenvalue weighted by Gasteiger charge is -2.11. The molecule has 0 aliphatic rings. The van der Waals surface area contributed by atoms with Crippen molar-refractivity contribution in [1.82, 2.24) is 5.43 Å². The van der Waals surface area contributed by atoms with Crippen LogP contribution in [-0.4, -0.2) is 26.0 Å². The zero-order valence-corrected chi connectivity index (χ0v) is 20.0. The molecule has 3 aromatic carbocycles. The summed E-state index contributed by atoms with van der Waals surface area (Å²) in [5.41, 5.74) is -2.67. The van der Waals surface area contributed by atoms with Crippen LogP contribution in [0.25, 0.3) is 0 Å². The SMILES string of the molecule is O=C(Cc1ccc(SC(F)(F)F)cc1)NN=Cc1ccccc1OS(=O)(=O)c1ccc(C(F)(F)F)cc1. The lowest BCUT2D eigenvalue weighted by Crippen LogP contribution is -2.19. The fourth-order valence-electron chi connectivity index (χ4n) is 2.85. The largest absolute Gasteiger partial charge is 0.446 e. The molecule has 0 atom stereocenters. The molecule has 0 fully saturated rings. The Labute approximate surface area is 211 Å². The minimum Gasteiger partial charge on any atom is -0.378 e. The summed E-state index contributed by atoms with van der Waals surface area (Å²) in [6, 6.07) is 13.6. The maximum atomic E-state index is 12.7. The molecule has 0 saturated heterocycles. The number of alkyl halides is 6. The van der Waals surface area contributed by atoms with Gasteiger partial charge in [-0.15, -0.1) is 0 Å². The fraction of sp³-hybridized carbons (Fsp3) is 0.130. The van der Waals surface area contributed by atoms with E-state index >= 15 is 0 Å². The number of carbonyl (C=O) groups excluding carboxylic acids is 1. The van der Waals surface area contributed by atoms with Gasteiger partial charge < -0.3 is 4.18 Å². The van der Waals surface area contributed by atoms with Gasteiger partial charge in [0, 0.05) is 10.5 Å². The lowest BCUT2D eigenvalue weighted by molar-refractivity contribution is -0.137. The van der Waals surface area contributed by atoms with Crippen LogP contribution < -0.4 is 9.61 Å². The van der Waals surface area contributed by atoms with Gasteiger partial charge in [0.1, 0.15) is 4.90 Å². The topological polar surface area (TPSA) is 84.8 Å². The summed E-state index contributed by atoms with van der Waals surface area (Å²) in [5.74, 6) is -0.790. The van der Waals surface area contributed by atoms with E-state index in [1.54, 1.807) is 0 Å². The predicted molar refractivity (Wildman–Crippen MR) is 123 cm³/mol. The van der Waals surface area contributed by atoms with Gasteiger partial charge in [0.05, 0.1) is 18.2 Å². The molecule has 0 aliphatic carbocycles. The first-order valence-electron chi connectivity index (χ1n) is 10.1. The Morgan fingerprint density at radius 3 is 2.14 bits per heavy atom. The average Bonchev–Trinajstić information content (AvgIpc) is 2.80. The summed E-state index contributed by atoms with van der Waals surface area (Å²) in [7, 11) is -4.48. The third-order valence-corrected chi connectivity index (χ3v) is 6.49. The molecule has 0 saturated carbocycles.